The highest BCUT2D eigenvalue weighted by molar-refractivity contribution is 7.10. The van der Waals surface area contributed by atoms with Crippen LogP contribution in [0.2, 0.25) is 0 Å². The van der Waals surface area contributed by atoms with Crippen LogP contribution in [0.15, 0.2) is 29.8 Å². The Labute approximate surface area is 105 Å². The lowest BCUT2D eigenvalue weighted by molar-refractivity contribution is 0.0682. The molecule has 5 heteroatoms. The Morgan fingerprint density at radius 1 is 1.47 bits per heavy atom. The third kappa shape index (κ3) is 3.39. The fraction of sp³-hybridized carbons (Fsp3) is 0.417. The minimum atomic E-state index is -0.0301. The summed E-state index contributed by atoms with van der Waals surface area (Å²) in [5.41, 5.74) is 1.01. The molecule has 0 aliphatic carbocycles. The summed E-state index contributed by atoms with van der Waals surface area (Å²) in [7, 11) is 4.08. The van der Waals surface area contributed by atoms with Crippen LogP contribution in [0.25, 0.3) is 0 Å². The van der Waals surface area contributed by atoms with Crippen molar-refractivity contribution >= 4 is 11.3 Å². The third-order valence-corrected chi connectivity index (χ3v) is 3.34. The van der Waals surface area contributed by atoms with E-state index < -0.39 is 0 Å². The van der Waals surface area contributed by atoms with Crippen LogP contribution in [0.5, 0.6) is 0 Å². The van der Waals surface area contributed by atoms with Gasteiger partial charge in [-0.25, -0.2) is 0 Å². The second kappa shape index (κ2) is 5.95. The lowest BCUT2D eigenvalue weighted by Crippen LogP contribution is -2.19. The number of hydrogen-bond donors (Lipinski definition) is 1. The van der Waals surface area contributed by atoms with Gasteiger partial charge in [0, 0.05) is 17.6 Å². The summed E-state index contributed by atoms with van der Waals surface area (Å²) in [5.74, 6) is 0. The summed E-state index contributed by atoms with van der Waals surface area (Å²) < 4.78 is 5.94. The molecule has 92 valence electrons. The van der Waals surface area contributed by atoms with E-state index in [0.717, 1.165) is 12.2 Å². The summed E-state index contributed by atoms with van der Waals surface area (Å²) in [6.45, 7) is 1.62. The first-order chi connectivity index (χ1) is 8.27. The van der Waals surface area contributed by atoms with Gasteiger partial charge >= 0.3 is 0 Å². The highest BCUT2D eigenvalue weighted by atomic mass is 32.1. The summed E-state index contributed by atoms with van der Waals surface area (Å²) in [5, 5.41) is 9.03. The molecule has 1 atom stereocenters. The van der Waals surface area contributed by atoms with Gasteiger partial charge in [0.05, 0.1) is 12.3 Å². The van der Waals surface area contributed by atoms with Crippen molar-refractivity contribution in [3.8, 4) is 0 Å². The average Bonchev–Trinajstić information content (AvgIpc) is 2.97. The molecule has 0 saturated carbocycles. The first-order valence-corrected chi connectivity index (χ1v) is 6.44. The molecular weight excluding hydrogens is 234 g/mol. The van der Waals surface area contributed by atoms with E-state index in [2.05, 4.69) is 26.5 Å². The largest absolute Gasteiger partial charge is 0.365 e. The molecule has 17 heavy (non-hydrogen) atoms. The zero-order chi connectivity index (χ0) is 12.1. The van der Waals surface area contributed by atoms with E-state index in [1.54, 1.807) is 17.5 Å². The van der Waals surface area contributed by atoms with Crippen molar-refractivity contribution in [2.45, 2.75) is 6.10 Å². The van der Waals surface area contributed by atoms with Gasteiger partial charge < -0.3 is 9.64 Å². The maximum Gasteiger partial charge on any atom is 0.133 e. The number of H-pyrrole nitrogens is 1. The zero-order valence-electron chi connectivity index (χ0n) is 10.1. The Bertz CT molecular complexity index is 377. The number of aromatic amines is 1. The van der Waals surface area contributed by atoms with Crippen LogP contribution >= 0.6 is 11.3 Å². The molecule has 0 spiro atoms. The lowest BCUT2D eigenvalue weighted by atomic mass is 10.2. The first-order valence-electron chi connectivity index (χ1n) is 5.56. The predicted molar refractivity (Wildman–Crippen MR) is 69.3 cm³/mol. The summed E-state index contributed by atoms with van der Waals surface area (Å²) in [4.78, 5) is 3.31. The molecule has 2 aromatic rings. The normalized spacial score (nSPS) is 13.1. The zero-order valence-corrected chi connectivity index (χ0v) is 10.9. The molecule has 0 fully saturated rings. The van der Waals surface area contributed by atoms with Gasteiger partial charge in [-0.1, -0.05) is 6.07 Å². The highest BCUT2D eigenvalue weighted by Gasteiger charge is 2.16. The fourth-order valence-corrected chi connectivity index (χ4v) is 2.32. The Kier molecular flexibility index (Phi) is 4.30. The number of rotatable bonds is 6. The minimum absolute atomic E-state index is 0.0301. The molecule has 0 amide bonds. The van der Waals surface area contributed by atoms with Crippen molar-refractivity contribution in [3.63, 3.8) is 0 Å². The van der Waals surface area contributed by atoms with E-state index in [9.17, 15) is 0 Å². The molecular formula is C12H17N3OS. The summed E-state index contributed by atoms with van der Waals surface area (Å²) in [6, 6.07) is 6.09. The smallest absolute Gasteiger partial charge is 0.133 e. The summed E-state index contributed by atoms with van der Waals surface area (Å²) >= 11 is 1.70. The fourth-order valence-electron chi connectivity index (χ4n) is 1.53. The molecule has 0 aliphatic heterocycles. The first kappa shape index (κ1) is 12.3. The van der Waals surface area contributed by atoms with Gasteiger partial charge in [-0.05, 0) is 31.6 Å². The highest BCUT2D eigenvalue weighted by Crippen LogP contribution is 2.27. The van der Waals surface area contributed by atoms with Gasteiger partial charge in [-0.3, -0.25) is 5.10 Å². The Morgan fingerprint density at radius 3 is 2.94 bits per heavy atom. The third-order valence-electron chi connectivity index (χ3n) is 2.43. The van der Waals surface area contributed by atoms with E-state index in [1.165, 1.54) is 4.88 Å². The average molecular weight is 251 g/mol. The second-order valence-corrected chi connectivity index (χ2v) is 5.06. The quantitative estimate of drug-likeness (QED) is 0.855. The van der Waals surface area contributed by atoms with Gasteiger partial charge in [0.25, 0.3) is 0 Å². The van der Waals surface area contributed by atoms with E-state index in [-0.39, 0.29) is 6.10 Å². The Hall–Kier alpha value is -1.17. The van der Waals surface area contributed by atoms with Crippen LogP contribution < -0.4 is 0 Å². The minimum Gasteiger partial charge on any atom is -0.365 e. The molecule has 1 unspecified atom stereocenters. The molecule has 0 aliphatic rings. The maximum atomic E-state index is 5.94. The van der Waals surface area contributed by atoms with Crippen molar-refractivity contribution in [3.05, 3.63) is 40.3 Å². The summed E-state index contributed by atoms with van der Waals surface area (Å²) in [6.07, 6.45) is 1.73. The Balaban J connectivity index is 2.04. The van der Waals surface area contributed by atoms with Crippen molar-refractivity contribution < 1.29 is 4.74 Å². The van der Waals surface area contributed by atoms with E-state index in [0.29, 0.717) is 6.61 Å². The molecule has 4 nitrogen and oxygen atoms in total. The number of likely N-dealkylation sites (N-methyl/N-ethyl adjacent to an activating group) is 1. The number of nitrogens with one attached hydrogen (secondary N) is 1. The van der Waals surface area contributed by atoms with Crippen LogP contribution in [-0.2, 0) is 4.74 Å². The van der Waals surface area contributed by atoms with Crippen molar-refractivity contribution in [1.29, 1.82) is 0 Å². The molecule has 0 aromatic carbocycles. The van der Waals surface area contributed by atoms with Crippen LogP contribution in [0.4, 0.5) is 0 Å². The molecule has 2 aromatic heterocycles. The van der Waals surface area contributed by atoms with Gasteiger partial charge in [0.15, 0.2) is 0 Å². The van der Waals surface area contributed by atoms with Gasteiger partial charge in [0.2, 0.25) is 0 Å². The molecule has 0 radical (unpaired) electrons. The Morgan fingerprint density at radius 2 is 2.35 bits per heavy atom. The molecule has 1 N–H and O–H groups in total. The topological polar surface area (TPSA) is 41.1 Å². The maximum absolute atomic E-state index is 5.94. The van der Waals surface area contributed by atoms with Crippen LogP contribution in [0, 0.1) is 0 Å². The van der Waals surface area contributed by atoms with E-state index in [1.807, 2.05) is 26.2 Å². The standard InChI is InChI=1S/C12H17N3OS/c1-15(2)7-8-16-12(10-5-6-13-14-10)11-4-3-9-17-11/h3-6,9,12H,7-8H2,1-2H3,(H,13,14). The molecule has 2 rings (SSSR count). The number of aromatic nitrogens is 2. The van der Waals surface area contributed by atoms with Crippen molar-refractivity contribution in [2.24, 2.45) is 0 Å². The van der Waals surface area contributed by atoms with Gasteiger partial charge in [0.1, 0.15) is 6.10 Å². The predicted octanol–water partition coefficient (Wildman–Crippen LogP) is 2.14. The molecule has 0 bridgehead atoms. The number of nitrogens with zero attached hydrogens (tertiary/aromatic N) is 2. The monoisotopic (exact) mass is 251 g/mol. The van der Waals surface area contributed by atoms with Crippen molar-refractivity contribution in [1.82, 2.24) is 15.1 Å². The number of thiophene rings is 1. The molecule has 2 heterocycles. The van der Waals surface area contributed by atoms with E-state index in [4.69, 9.17) is 4.74 Å². The van der Waals surface area contributed by atoms with E-state index >= 15 is 0 Å². The second-order valence-electron chi connectivity index (χ2n) is 4.08. The van der Waals surface area contributed by atoms with Crippen LogP contribution in [-0.4, -0.2) is 42.3 Å². The van der Waals surface area contributed by atoms with Gasteiger partial charge in [-0.2, -0.15) is 5.10 Å². The lowest BCUT2D eigenvalue weighted by Gasteiger charge is -2.17. The van der Waals surface area contributed by atoms with Crippen molar-refractivity contribution in [2.75, 3.05) is 27.2 Å². The van der Waals surface area contributed by atoms with Crippen LogP contribution in [0.1, 0.15) is 16.7 Å². The SMILES string of the molecule is CN(C)CCOC(c1ccn[nH]1)c1cccs1. The van der Waals surface area contributed by atoms with Crippen LogP contribution in [0.3, 0.4) is 0 Å². The van der Waals surface area contributed by atoms with Gasteiger partial charge in [-0.15, -0.1) is 11.3 Å². The molecule has 0 saturated heterocycles. The number of ether oxygens (including phenoxy) is 1. The number of hydrogen-bond acceptors (Lipinski definition) is 4.